The van der Waals surface area contributed by atoms with E-state index < -0.39 is 10.0 Å². The largest absolute Gasteiger partial charge is 0.480 e. The van der Waals surface area contributed by atoms with Crippen LogP contribution in [-0.2, 0) is 10.0 Å². The smallest absolute Gasteiger partial charge is 0.259 e. The highest BCUT2D eigenvalue weighted by atomic mass is 32.2. The second-order valence-electron chi connectivity index (χ2n) is 8.71. The average Bonchev–Trinajstić information content (AvgIpc) is 2.70. The lowest BCUT2D eigenvalue weighted by Gasteiger charge is -2.60. The Balaban J connectivity index is 1.42. The van der Waals surface area contributed by atoms with Crippen LogP contribution in [0.4, 0.5) is 0 Å². The number of amides is 1. The normalized spacial score (nSPS) is 18.3. The number of hydrogen-bond acceptors (Lipinski definition) is 5. The Morgan fingerprint density at radius 2 is 2.00 bits per heavy atom. The predicted molar refractivity (Wildman–Crippen MR) is 118 cm³/mol. The number of pyridine rings is 1. The Hall–Kier alpha value is -2.45. The highest BCUT2D eigenvalue weighted by molar-refractivity contribution is 7.89. The number of nitrogens with zero attached hydrogens (tertiary/aromatic N) is 3. The topological polar surface area (TPSA) is 79.8 Å². The first kappa shape index (κ1) is 21.8. The van der Waals surface area contributed by atoms with E-state index in [0.29, 0.717) is 36.0 Å². The number of carbonyl (C=O) groups excluding carboxylic acids is 1. The third-order valence-electron chi connectivity index (χ3n) is 6.35. The lowest BCUT2D eigenvalue weighted by Crippen LogP contribution is -2.67. The van der Waals surface area contributed by atoms with Gasteiger partial charge in [0.25, 0.3) is 5.91 Å². The Morgan fingerprint density at radius 1 is 1.26 bits per heavy atom. The van der Waals surface area contributed by atoms with Gasteiger partial charge in [0.15, 0.2) is 0 Å². The van der Waals surface area contributed by atoms with Crippen LogP contribution in [0.2, 0.25) is 0 Å². The predicted octanol–water partition coefficient (Wildman–Crippen LogP) is 3.10. The summed E-state index contributed by atoms with van der Waals surface area (Å²) in [5.74, 6) is 0.261. The minimum Gasteiger partial charge on any atom is -0.480 e. The minimum absolute atomic E-state index is 0.0210. The molecule has 0 N–H and O–H groups in total. The molecule has 0 radical (unpaired) electrons. The van der Waals surface area contributed by atoms with Gasteiger partial charge in [0, 0.05) is 37.3 Å². The highest BCUT2D eigenvalue weighted by Crippen LogP contribution is 2.52. The van der Waals surface area contributed by atoms with Crippen molar-refractivity contribution >= 4 is 15.9 Å². The molecule has 8 heteroatoms. The summed E-state index contributed by atoms with van der Waals surface area (Å²) in [6, 6.07) is 10.6. The lowest BCUT2D eigenvalue weighted by molar-refractivity contribution is -0.0665. The molecular formula is C23H29N3O4S. The first-order chi connectivity index (χ1) is 14.8. The van der Waals surface area contributed by atoms with Crippen LogP contribution in [0.25, 0.3) is 0 Å². The molecule has 1 aromatic heterocycles. The van der Waals surface area contributed by atoms with Gasteiger partial charge in [-0.05, 0) is 56.0 Å². The molecule has 0 unspecified atom stereocenters. The molecule has 0 bridgehead atoms. The van der Waals surface area contributed by atoms with E-state index >= 15 is 0 Å². The monoisotopic (exact) mass is 443 g/mol. The molecule has 31 heavy (non-hydrogen) atoms. The third kappa shape index (κ3) is 3.94. The molecule has 1 saturated carbocycles. The maximum atomic E-state index is 13.2. The summed E-state index contributed by atoms with van der Waals surface area (Å²) in [7, 11) is -1.95. The second kappa shape index (κ2) is 8.24. The van der Waals surface area contributed by atoms with E-state index in [1.165, 1.54) is 7.11 Å². The quantitative estimate of drug-likeness (QED) is 0.657. The summed E-state index contributed by atoms with van der Waals surface area (Å²) in [5.41, 5.74) is 1.38. The van der Waals surface area contributed by atoms with Crippen molar-refractivity contribution in [1.29, 1.82) is 0 Å². The van der Waals surface area contributed by atoms with Gasteiger partial charge in [-0.3, -0.25) is 4.79 Å². The van der Waals surface area contributed by atoms with Crippen molar-refractivity contribution in [1.82, 2.24) is 14.2 Å². The summed E-state index contributed by atoms with van der Waals surface area (Å²) in [6.45, 7) is 5.63. The fourth-order valence-electron chi connectivity index (χ4n) is 4.78. The van der Waals surface area contributed by atoms with Crippen molar-refractivity contribution in [3.63, 3.8) is 0 Å². The molecule has 1 saturated heterocycles. The molecule has 166 valence electrons. The van der Waals surface area contributed by atoms with Crippen molar-refractivity contribution in [2.45, 2.75) is 44.0 Å². The van der Waals surface area contributed by atoms with Crippen LogP contribution < -0.4 is 4.74 Å². The molecule has 1 spiro atoms. The zero-order valence-electron chi connectivity index (χ0n) is 18.2. The average molecular weight is 444 g/mol. The van der Waals surface area contributed by atoms with Gasteiger partial charge in [0.1, 0.15) is 5.56 Å². The number of benzene rings is 1. The van der Waals surface area contributed by atoms with Crippen LogP contribution >= 0.6 is 0 Å². The Bertz CT molecular complexity index is 1070. The fraction of sp³-hybridized carbons (Fsp3) is 0.478. The number of sulfonamides is 1. The third-order valence-corrected chi connectivity index (χ3v) is 8.14. The van der Waals surface area contributed by atoms with Gasteiger partial charge in [-0.15, -0.1) is 0 Å². The van der Waals surface area contributed by atoms with E-state index in [2.05, 4.69) is 11.9 Å². The van der Waals surface area contributed by atoms with Gasteiger partial charge >= 0.3 is 0 Å². The molecule has 1 aromatic carbocycles. The summed E-state index contributed by atoms with van der Waals surface area (Å²) in [4.78, 5) is 19.6. The number of aromatic nitrogens is 1. The van der Waals surface area contributed by atoms with Gasteiger partial charge in [-0.25, -0.2) is 13.4 Å². The van der Waals surface area contributed by atoms with E-state index in [0.717, 1.165) is 24.8 Å². The minimum atomic E-state index is -3.46. The fourth-order valence-corrected chi connectivity index (χ4v) is 6.55. The van der Waals surface area contributed by atoms with Crippen molar-refractivity contribution < 1.29 is 17.9 Å². The first-order valence-corrected chi connectivity index (χ1v) is 12.1. The molecule has 4 rings (SSSR count). The Labute approximate surface area is 184 Å². The molecule has 2 heterocycles. The van der Waals surface area contributed by atoms with Crippen LogP contribution in [0.1, 0.15) is 42.1 Å². The molecule has 2 aliphatic rings. The zero-order chi connectivity index (χ0) is 22.2. The van der Waals surface area contributed by atoms with Gasteiger partial charge in [0.2, 0.25) is 15.9 Å². The van der Waals surface area contributed by atoms with Crippen LogP contribution in [0, 0.1) is 12.3 Å². The summed E-state index contributed by atoms with van der Waals surface area (Å²) < 4.78 is 32.7. The standard InChI is InChI=1S/C23H29N3O4S/c1-4-11-26(22(27)20-9-6-10-24-21(20)30-3)18-13-23(14-18)15-25(16-23)31(28,29)19-8-5-7-17(2)12-19/h5-10,12,18H,4,11,13-16H2,1-3H3. The van der Waals surface area contributed by atoms with E-state index in [4.69, 9.17) is 4.74 Å². The van der Waals surface area contributed by atoms with Gasteiger partial charge in [-0.2, -0.15) is 4.31 Å². The lowest BCUT2D eigenvalue weighted by atomic mass is 9.61. The van der Waals surface area contributed by atoms with Crippen LogP contribution in [0.15, 0.2) is 47.5 Å². The van der Waals surface area contributed by atoms with Crippen molar-refractivity contribution in [2.75, 3.05) is 26.7 Å². The number of aryl methyl sites for hydroxylation is 1. The number of methoxy groups -OCH3 is 1. The zero-order valence-corrected chi connectivity index (χ0v) is 19.1. The van der Waals surface area contributed by atoms with Crippen molar-refractivity contribution in [3.05, 3.63) is 53.7 Å². The summed E-state index contributed by atoms with van der Waals surface area (Å²) in [6.07, 6.45) is 4.10. The summed E-state index contributed by atoms with van der Waals surface area (Å²) in [5, 5.41) is 0. The number of hydrogen-bond donors (Lipinski definition) is 0. The molecule has 2 aromatic rings. The van der Waals surface area contributed by atoms with E-state index in [-0.39, 0.29) is 17.4 Å². The van der Waals surface area contributed by atoms with Crippen LogP contribution in [-0.4, -0.2) is 61.3 Å². The molecule has 1 aliphatic heterocycles. The molecule has 1 aliphatic carbocycles. The van der Waals surface area contributed by atoms with Gasteiger partial charge in [-0.1, -0.05) is 19.1 Å². The van der Waals surface area contributed by atoms with Gasteiger partial charge < -0.3 is 9.64 Å². The van der Waals surface area contributed by atoms with E-state index in [9.17, 15) is 13.2 Å². The number of rotatable bonds is 7. The molecule has 1 amide bonds. The molecule has 0 atom stereocenters. The highest BCUT2D eigenvalue weighted by Gasteiger charge is 2.57. The van der Waals surface area contributed by atoms with E-state index in [1.807, 2.05) is 17.9 Å². The molecule has 2 fully saturated rings. The first-order valence-electron chi connectivity index (χ1n) is 10.7. The SMILES string of the molecule is CCCN(C(=O)c1cccnc1OC)C1CC2(C1)CN(S(=O)(=O)c1cccc(C)c1)C2. The molecule has 7 nitrogen and oxygen atoms in total. The van der Waals surface area contributed by atoms with Crippen molar-refractivity contribution in [2.24, 2.45) is 5.41 Å². The Morgan fingerprint density at radius 3 is 2.65 bits per heavy atom. The van der Waals surface area contributed by atoms with E-state index in [1.54, 1.807) is 40.8 Å². The van der Waals surface area contributed by atoms with Crippen LogP contribution in [0.5, 0.6) is 5.88 Å². The molecular weight excluding hydrogens is 414 g/mol. The van der Waals surface area contributed by atoms with Crippen molar-refractivity contribution in [3.8, 4) is 5.88 Å². The second-order valence-corrected chi connectivity index (χ2v) is 10.6. The number of ether oxygens (including phenoxy) is 1. The maximum absolute atomic E-state index is 13.2. The Kier molecular flexibility index (Phi) is 5.79. The van der Waals surface area contributed by atoms with Gasteiger partial charge in [0.05, 0.1) is 12.0 Å². The number of carbonyl (C=O) groups is 1. The summed E-state index contributed by atoms with van der Waals surface area (Å²) >= 11 is 0. The maximum Gasteiger partial charge on any atom is 0.259 e. The van der Waals surface area contributed by atoms with Crippen LogP contribution in [0.3, 0.4) is 0 Å².